The third-order valence-electron chi connectivity index (χ3n) is 5.91. The van der Waals surface area contributed by atoms with Crippen molar-refractivity contribution in [3.8, 4) is 0 Å². The van der Waals surface area contributed by atoms with Crippen molar-refractivity contribution in [2.45, 2.75) is 20.0 Å². The number of carbonyl (C=O) groups excluding carboxylic acids is 1. The molecule has 4 aromatic rings. The zero-order valence-corrected chi connectivity index (χ0v) is 18.7. The number of nitro groups is 1. The van der Waals surface area contributed by atoms with Crippen LogP contribution in [-0.2, 0) is 4.74 Å². The number of para-hydroxylation sites is 1. The Labute approximate surface area is 196 Å². The molecule has 3 aromatic carbocycles. The highest BCUT2D eigenvalue weighted by molar-refractivity contribution is 6.08. The number of non-ortho nitro benzene ring substituents is 1. The van der Waals surface area contributed by atoms with Gasteiger partial charge in [0.2, 0.25) is 0 Å². The van der Waals surface area contributed by atoms with Gasteiger partial charge < -0.3 is 15.0 Å². The topological polar surface area (TPSA) is 97.6 Å². The number of carbonyl (C=O) groups is 1. The minimum Gasteiger partial charge on any atom is -0.461 e. The molecule has 8 heteroatoms. The summed E-state index contributed by atoms with van der Waals surface area (Å²) in [4.78, 5) is 30.2. The van der Waals surface area contributed by atoms with Crippen LogP contribution in [-0.4, -0.2) is 22.5 Å². The van der Waals surface area contributed by atoms with Crippen LogP contribution in [0.5, 0.6) is 0 Å². The fourth-order valence-electron chi connectivity index (χ4n) is 4.30. The van der Waals surface area contributed by atoms with Crippen molar-refractivity contribution in [1.82, 2.24) is 4.98 Å². The molecule has 0 saturated heterocycles. The van der Waals surface area contributed by atoms with Gasteiger partial charge in [0.25, 0.3) is 5.69 Å². The van der Waals surface area contributed by atoms with Gasteiger partial charge in [0, 0.05) is 28.9 Å². The molecular formula is C26H22N4O4. The van der Waals surface area contributed by atoms with Crippen LogP contribution in [0.2, 0.25) is 0 Å². The smallest absolute Gasteiger partial charge is 0.357 e. The summed E-state index contributed by atoms with van der Waals surface area (Å²) in [7, 11) is 0. The molecule has 2 heterocycles. The molecule has 1 aliphatic rings. The highest BCUT2D eigenvalue weighted by atomic mass is 16.6. The minimum absolute atomic E-state index is 0.0201. The van der Waals surface area contributed by atoms with E-state index in [1.165, 1.54) is 12.1 Å². The number of anilines is 3. The molecule has 34 heavy (non-hydrogen) atoms. The number of rotatable bonds is 5. The van der Waals surface area contributed by atoms with Gasteiger partial charge in [-0.15, -0.1) is 0 Å². The van der Waals surface area contributed by atoms with Gasteiger partial charge in [0.15, 0.2) is 5.69 Å². The van der Waals surface area contributed by atoms with Crippen LogP contribution in [0.4, 0.5) is 22.9 Å². The highest BCUT2D eigenvalue weighted by Crippen LogP contribution is 2.46. The first-order chi connectivity index (χ1) is 16.5. The molecule has 1 aromatic heterocycles. The number of aryl methyl sites for hydroxylation is 1. The van der Waals surface area contributed by atoms with Crippen LogP contribution in [0.15, 0.2) is 72.8 Å². The third kappa shape index (κ3) is 3.59. The van der Waals surface area contributed by atoms with Gasteiger partial charge in [0.1, 0.15) is 12.0 Å². The lowest BCUT2D eigenvalue weighted by Gasteiger charge is -2.39. The van der Waals surface area contributed by atoms with Gasteiger partial charge in [-0.3, -0.25) is 10.1 Å². The van der Waals surface area contributed by atoms with E-state index < -0.39 is 17.1 Å². The summed E-state index contributed by atoms with van der Waals surface area (Å²) in [6.07, 6.45) is -0.411. The Morgan fingerprint density at radius 2 is 1.85 bits per heavy atom. The molecule has 5 rings (SSSR count). The van der Waals surface area contributed by atoms with Crippen molar-refractivity contribution in [2.75, 3.05) is 16.8 Å². The number of nitrogens with zero attached hydrogens (tertiary/aromatic N) is 3. The van der Waals surface area contributed by atoms with Crippen LogP contribution in [0.25, 0.3) is 10.8 Å². The van der Waals surface area contributed by atoms with Crippen molar-refractivity contribution in [2.24, 2.45) is 0 Å². The number of hydrogen-bond donors (Lipinski definition) is 1. The molecule has 1 atom stereocenters. The zero-order valence-electron chi connectivity index (χ0n) is 18.7. The molecule has 0 saturated carbocycles. The Morgan fingerprint density at radius 1 is 1.12 bits per heavy atom. The predicted octanol–water partition coefficient (Wildman–Crippen LogP) is 5.89. The summed E-state index contributed by atoms with van der Waals surface area (Å²) in [6, 6.07) is 21.9. The standard InChI is InChI=1S/C26H22N4O4/c1-3-34-26(31)22-15-20-16(2)9-14-21-23(20)25(28-22)29(18-7-5-4-6-8-18)24(27-21)17-10-12-19(13-11-17)30(32)33/h4-15,24,27H,3H2,1-2H3. The van der Waals surface area contributed by atoms with Crippen LogP contribution >= 0.6 is 0 Å². The van der Waals surface area contributed by atoms with Gasteiger partial charge in [-0.1, -0.05) is 24.3 Å². The van der Waals surface area contributed by atoms with Gasteiger partial charge in [-0.2, -0.15) is 0 Å². The second-order valence-electron chi connectivity index (χ2n) is 8.01. The van der Waals surface area contributed by atoms with E-state index in [2.05, 4.69) is 5.32 Å². The first-order valence-corrected chi connectivity index (χ1v) is 10.9. The molecule has 1 N–H and O–H groups in total. The Hall–Kier alpha value is -4.46. The fourth-order valence-corrected chi connectivity index (χ4v) is 4.30. The van der Waals surface area contributed by atoms with Crippen molar-refractivity contribution in [3.05, 3.63) is 99.7 Å². The molecule has 0 aliphatic carbocycles. The van der Waals surface area contributed by atoms with Gasteiger partial charge >= 0.3 is 5.97 Å². The van der Waals surface area contributed by atoms with Gasteiger partial charge in [-0.05, 0) is 66.8 Å². The van der Waals surface area contributed by atoms with E-state index in [1.807, 2.05) is 54.3 Å². The molecule has 8 nitrogen and oxygen atoms in total. The van der Waals surface area contributed by atoms with E-state index in [-0.39, 0.29) is 18.0 Å². The Kier molecular flexibility index (Phi) is 5.33. The third-order valence-corrected chi connectivity index (χ3v) is 5.91. The van der Waals surface area contributed by atoms with Crippen molar-refractivity contribution < 1.29 is 14.5 Å². The first-order valence-electron chi connectivity index (χ1n) is 10.9. The van der Waals surface area contributed by atoms with E-state index in [9.17, 15) is 14.9 Å². The molecule has 0 bridgehead atoms. The number of hydrogen-bond acceptors (Lipinski definition) is 7. The van der Waals surface area contributed by atoms with E-state index >= 15 is 0 Å². The summed E-state index contributed by atoms with van der Waals surface area (Å²) < 4.78 is 5.25. The number of nitro benzene ring substituents is 1. The SMILES string of the molecule is CCOC(=O)c1cc2c(C)ccc3c2c(n1)N(c1ccccc1)C(c1ccc([N+](=O)[O-])cc1)N3. The number of pyridine rings is 1. The Bertz CT molecular complexity index is 1400. The Morgan fingerprint density at radius 3 is 2.53 bits per heavy atom. The van der Waals surface area contributed by atoms with Crippen LogP contribution in [0.1, 0.15) is 34.7 Å². The second kappa shape index (κ2) is 8.47. The highest BCUT2D eigenvalue weighted by Gasteiger charge is 2.32. The van der Waals surface area contributed by atoms with Crippen molar-refractivity contribution in [3.63, 3.8) is 0 Å². The summed E-state index contributed by atoms with van der Waals surface area (Å²) in [5, 5.41) is 16.6. The number of ether oxygens (including phenoxy) is 1. The maximum atomic E-state index is 12.7. The lowest BCUT2D eigenvalue weighted by Crippen LogP contribution is -2.34. The number of aromatic nitrogens is 1. The van der Waals surface area contributed by atoms with E-state index in [0.717, 1.165) is 33.3 Å². The molecular weight excluding hydrogens is 432 g/mol. The average molecular weight is 454 g/mol. The maximum absolute atomic E-state index is 12.7. The zero-order chi connectivity index (χ0) is 23.8. The summed E-state index contributed by atoms with van der Waals surface area (Å²) in [6.45, 7) is 4.01. The molecule has 1 aliphatic heterocycles. The second-order valence-corrected chi connectivity index (χ2v) is 8.01. The fraction of sp³-hybridized carbons (Fsp3) is 0.154. The largest absolute Gasteiger partial charge is 0.461 e. The number of benzene rings is 3. The lowest BCUT2D eigenvalue weighted by atomic mass is 9.98. The summed E-state index contributed by atoms with van der Waals surface area (Å²) in [5.74, 6) is 0.136. The first kappa shape index (κ1) is 21.4. The van der Waals surface area contributed by atoms with Gasteiger partial charge in [0.05, 0.1) is 11.5 Å². The molecule has 170 valence electrons. The summed E-state index contributed by atoms with van der Waals surface area (Å²) in [5.41, 5.74) is 3.81. The normalized spacial score (nSPS) is 14.5. The summed E-state index contributed by atoms with van der Waals surface area (Å²) >= 11 is 0. The molecule has 0 radical (unpaired) electrons. The lowest BCUT2D eigenvalue weighted by molar-refractivity contribution is -0.384. The van der Waals surface area contributed by atoms with Crippen LogP contribution < -0.4 is 10.2 Å². The maximum Gasteiger partial charge on any atom is 0.357 e. The molecule has 0 amide bonds. The van der Waals surface area contributed by atoms with Crippen LogP contribution in [0, 0.1) is 17.0 Å². The molecule has 0 spiro atoms. The van der Waals surface area contributed by atoms with E-state index in [1.54, 1.807) is 25.1 Å². The molecule has 0 fully saturated rings. The monoisotopic (exact) mass is 454 g/mol. The average Bonchev–Trinajstić information content (AvgIpc) is 2.86. The number of nitrogens with one attached hydrogen (secondary N) is 1. The minimum atomic E-state index is -0.483. The quantitative estimate of drug-likeness (QED) is 0.228. The van der Waals surface area contributed by atoms with Crippen LogP contribution in [0.3, 0.4) is 0 Å². The van der Waals surface area contributed by atoms with Crippen molar-refractivity contribution >= 4 is 39.6 Å². The van der Waals surface area contributed by atoms with E-state index in [0.29, 0.717) is 5.82 Å². The Balaban J connectivity index is 1.76. The number of esters is 1. The van der Waals surface area contributed by atoms with E-state index in [4.69, 9.17) is 9.72 Å². The van der Waals surface area contributed by atoms with Crippen molar-refractivity contribution in [1.29, 1.82) is 0 Å². The van der Waals surface area contributed by atoms with Gasteiger partial charge in [-0.25, -0.2) is 9.78 Å². The predicted molar refractivity (Wildman–Crippen MR) is 130 cm³/mol. The molecule has 1 unspecified atom stereocenters.